The fourth-order valence-corrected chi connectivity index (χ4v) is 15.4. The fourth-order valence-electron chi connectivity index (χ4n) is 15.4. The van der Waals surface area contributed by atoms with Gasteiger partial charge < -0.3 is 18.3 Å². The highest BCUT2D eigenvalue weighted by molar-refractivity contribution is 6.18. The van der Waals surface area contributed by atoms with E-state index in [0.29, 0.717) is 5.82 Å². The summed E-state index contributed by atoms with van der Waals surface area (Å²) in [5.74, 6) is 0.680. The van der Waals surface area contributed by atoms with E-state index in [9.17, 15) is 0 Å². The number of rotatable bonds is 8. The van der Waals surface area contributed by atoms with Gasteiger partial charge >= 0.3 is 0 Å². The first-order chi connectivity index (χ1) is 45.6. The number of hydrogen-bond acceptors (Lipinski definition) is 2. The van der Waals surface area contributed by atoms with E-state index >= 15 is 0 Å². The van der Waals surface area contributed by atoms with Gasteiger partial charge in [-0.3, -0.25) is 0 Å². The van der Waals surface area contributed by atoms with Crippen molar-refractivity contribution >= 4 is 98.0 Å². The maximum absolute atomic E-state index is 5.69. The van der Waals surface area contributed by atoms with Crippen LogP contribution in [-0.2, 0) is 0 Å². The predicted molar refractivity (Wildman–Crippen MR) is 383 cm³/mol. The Hall–Kier alpha value is -12.4. The molecule has 0 atom stereocenters. The standard InChI is InChI=1S/C86H52N6/c1-3-21-60(22-4-1)89-76-34-13-9-28-66(76)72-49-55(40-46-78(72)89)57-38-44-68-64-26-7-11-32-74(64)91(80(68)51-57)62-42-36-54(37-43-62)86-87-84(83-70-30-16-18-53-19-17-31-71(82(53)70)85(83)88-86)59-20-15-25-63(48-59)92-75-33-12-8-27-65(75)69-45-39-58(52-81(69)92)56-41-47-79-73(50-56)67-29-10-14-35-77(67)90(79)61-23-5-2-6-24-61/h1-52H. The lowest BCUT2D eigenvalue weighted by atomic mass is 9.99. The van der Waals surface area contributed by atoms with Crippen molar-refractivity contribution in [2.75, 3.05) is 0 Å². The average Bonchev–Trinajstić information content (AvgIpc) is 1.72. The van der Waals surface area contributed by atoms with Gasteiger partial charge in [-0.25, -0.2) is 9.97 Å². The number of benzene rings is 14. The molecular weight excluding hydrogens is 1120 g/mol. The molecular formula is C86H52N6. The Morgan fingerprint density at radius 1 is 0.207 bits per heavy atom. The van der Waals surface area contributed by atoms with Crippen LogP contribution in [0.3, 0.4) is 0 Å². The topological polar surface area (TPSA) is 45.5 Å². The molecule has 5 heterocycles. The summed E-state index contributed by atoms with van der Waals surface area (Å²) in [5.41, 5.74) is 25.6. The van der Waals surface area contributed by atoms with E-state index in [1.165, 1.54) is 87.1 Å². The maximum atomic E-state index is 5.69. The number of nitrogens with zero attached hydrogens (tertiary/aromatic N) is 6. The van der Waals surface area contributed by atoms with Gasteiger partial charge in [0.2, 0.25) is 0 Å². The van der Waals surface area contributed by atoms with Crippen LogP contribution in [0, 0.1) is 0 Å². The predicted octanol–water partition coefficient (Wildman–Crippen LogP) is 22.3. The van der Waals surface area contributed by atoms with Crippen LogP contribution in [0.15, 0.2) is 315 Å². The molecule has 0 spiro atoms. The van der Waals surface area contributed by atoms with Crippen LogP contribution in [0.5, 0.6) is 0 Å². The van der Waals surface area contributed by atoms with Crippen molar-refractivity contribution in [1.82, 2.24) is 28.2 Å². The van der Waals surface area contributed by atoms with Crippen LogP contribution in [0.1, 0.15) is 0 Å². The maximum Gasteiger partial charge on any atom is 0.160 e. The van der Waals surface area contributed by atoms with Gasteiger partial charge in [0.15, 0.2) is 5.82 Å². The largest absolute Gasteiger partial charge is 0.309 e. The molecule has 20 rings (SSSR count). The van der Waals surface area contributed by atoms with E-state index in [0.717, 1.165) is 95.1 Å². The van der Waals surface area contributed by atoms with E-state index < -0.39 is 0 Å². The second kappa shape index (κ2) is 19.6. The molecule has 6 nitrogen and oxygen atoms in total. The lowest BCUT2D eigenvalue weighted by molar-refractivity contribution is 1.16. The van der Waals surface area contributed by atoms with Crippen molar-refractivity contribution in [3.8, 4) is 90.0 Å². The molecule has 19 aromatic rings. The molecule has 0 saturated carbocycles. The summed E-state index contributed by atoms with van der Waals surface area (Å²) in [6.07, 6.45) is 0. The third-order valence-electron chi connectivity index (χ3n) is 19.5. The zero-order valence-corrected chi connectivity index (χ0v) is 49.7. The van der Waals surface area contributed by atoms with Crippen LogP contribution in [0.4, 0.5) is 0 Å². The zero-order valence-electron chi connectivity index (χ0n) is 49.7. The molecule has 0 aliphatic heterocycles. The molecule has 5 aromatic heterocycles. The van der Waals surface area contributed by atoms with Crippen molar-refractivity contribution in [2.24, 2.45) is 0 Å². The third kappa shape index (κ3) is 7.43. The van der Waals surface area contributed by atoms with Gasteiger partial charge in [0.05, 0.1) is 55.5 Å². The number of fused-ring (bicyclic) bond motifs is 15. The van der Waals surface area contributed by atoms with Gasteiger partial charge in [0, 0.05) is 88.1 Å². The summed E-state index contributed by atoms with van der Waals surface area (Å²) < 4.78 is 9.61. The number of hydrogen-bond donors (Lipinski definition) is 0. The first kappa shape index (κ1) is 50.6. The van der Waals surface area contributed by atoms with Gasteiger partial charge in [-0.05, 0) is 160 Å². The minimum Gasteiger partial charge on any atom is -0.309 e. The summed E-state index contributed by atoms with van der Waals surface area (Å²) in [5, 5.41) is 12.2. The van der Waals surface area contributed by atoms with Crippen molar-refractivity contribution < 1.29 is 0 Å². The molecule has 0 amide bonds. The second-order valence-electron chi connectivity index (χ2n) is 24.4. The summed E-state index contributed by atoms with van der Waals surface area (Å²) >= 11 is 0. The van der Waals surface area contributed by atoms with Crippen molar-refractivity contribution in [2.45, 2.75) is 0 Å². The lowest BCUT2D eigenvalue weighted by Gasteiger charge is -2.15. The minimum atomic E-state index is 0.680. The van der Waals surface area contributed by atoms with E-state index in [1.54, 1.807) is 0 Å². The van der Waals surface area contributed by atoms with Crippen LogP contribution in [0.25, 0.3) is 188 Å². The summed E-state index contributed by atoms with van der Waals surface area (Å²) in [4.78, 5) is 11.3. The van der Waals surface area contributed by atoms with E-state index in [1.807, 2.05) is 0 Å². The molecule has 0 radical (unpaired) electrons. The molecule has 0 bridgehead atoms. The normalized spacial score (nSPS) is 12.1. The molecule has 14 aromatic carbocycles. The minimum absolute atomic E-state index is 0.680. The number of para-hydroxylation sites is 6. The molecule has 92 heavy (non-hydrogen) atoms. The van der Waals surface area contributed by atoms with Crippen molar-refractivity contribution in [3.63, 3.8) is 0 Å². The molecule has 0 N–H and O–H groups in total. The second-order valence-corrected chi connectivity index (χ2v) is 24.4. The van der Waals surface area contributed by atoms with Gasteiger partial charge in [-0.15, -0.1) is 0 Å². The quantitative estimate of drug-likeness (QED) is 0.152. The zero-order chi connectivity index (χ0) is 60.1. The summed E-state index contributed by atoms with van der Waals surface area (Å²) in [6, 6.07) is 115. The molecule has 426 valence electrons. The molecule has 1 aliphatic rings. The Morgan fingerprint density at radius 3 is 1.13 bits per heavy atom. The van der Waals surface area contributed by atoms with Crippen molar-refractivity contribution in [3.05, 3.63) is 315 Å². The fraction of sp³-hybridized carbons (Fsp3) is 0. The summed E-state index contributed by atoms with van der Waals surface area (Å²) in [7, 11) is 0. The molecule has 6 heteroatoms. The van der Waals surface area contributed by atoms with Gasteiger partial charge in [0.1, 0.15) is 0 Å². The van der Waals surface area contributed by atoms with Crippen LogP contribution >= 0.6 is 0 Å². The first-order valence-corrected chi connectivity index (χ1v) is 31.5. The smallest absolute Gasteiger partial charge is 0.160 e. The summed E-state index contributed by atoms with van der Waals surface area (Å²) in [6.45, 7) is 0. The van der Waals surface area contributed by atoms with Gasteiger partial charge in [-0.1, -0.05) is 194 Å². The molecule has 0 fully saturated rings. The molecule has 0 saturated heterocycles. The van der Waals surface area contributed by atoms with Crippen molar-refractivity contribution in [1.29, 1.82) is 0 Å². The van der Waals surface area contributed by atoms with Crippen LogP contribution in [-0.4, -0.2) is 28.2 Å². The van der Waals surface area contributed by atoms with Crippen LogP contribution in [0.2, 0.25) is 0 Å². The highest BCUT2D eigenvalue weighted by atomic mass is 15.0. The first-order valence-electron chi connectivity index (χ1n) is 31.5. The lowest BCUT2D eigenvalue weighted by Crippen LogP contribution is -2.00. The molecule has 1 aliphatic carbocycles. The number of aromatic nitrogens is 6. The van der Waals surface area contributed by atoms with E-state index in [2.05, 4.69) is 334 Å². The van der Waals surface area contributed by atoms with Gasteiger partial charge in [-0.2, -0.15) is 0 Å². The Bertz CT molecular complexity index is 6290. The highest BCUT2D eigenvalue weighted by Gasteiger charge is 2.29. The van der Waals surface area contributed by atoms with Crippen LogP contribution < -0.4 is 0 Å². The Morgan fingerprint density at radius 2 is 0.587 bits per heavy atom. The monoisotopic (exact) mass is 1170 g/mol. The van der Waals surface area contributed by atoms with E-state index in [-0.39, 0.29) is 0 Å². The average molecular weight is 1170 g/mol. The highest BCUT2D eigenvalue weighted by Crippen LogP contribution is 2.51. The van der Waals surface area contributed by atoms with Gasteiger partial charge in [0.25, 0.3) is 0 Å². The Balaban J connectivity index is 0.713. The van der Waals surface area contributed by atoms with E-state index in [4.69, 9.17) is 9.97 Å². The Labute approximate surface area is 528 Å². The Kier molecular flexibility index (Phi) is 10.8. The third-order valence-corrected chi connectivity index (χ3v) is 19.5. The molecule has 0 unspecified atom stereocenters. The SMILES string of the molecule is c1ccc(-n2c3ccccc3c3cc(-c4ccc5c6ccccc6n(-c6ccc(-c7nc(-c8cccc(-n9c%10ccccc%10c%10ccc(-c%11ccc%12c(c%11)c%11ccccc%11n%12-c%11ccccc%11)cc%109)c8)c8c(n7)-c7cccc9cccc-8c79)cc6)c5c4)ccc32)cc1.